The molecule has 18 heavy (non-hydrogen) atoms. The van der Waals surface area contributed by atoms with Gasteiger partial charge in [-0.1, -0.05) is 5.16 Å². The average Bonchev–Trinajstić information content (AvgIpc) is 2.60. The summed E-state index contributed by atoms with van der Waals surface area (Å²) in [4.78, 5) is 1.84. The van der Waals surface area contributed by atoms with Crippen molar-refractivity contribution in [2.75, 3.05) is 13.1 Å². The van der Waals surface area contributed by atoms with Crippen molar-refractivity contribution in [1.29, 1.82) is 0 Å². The second-order valence-electron chi connectivity index (χ2n) is 4.92. The summed E-state index contributed by atoms with van der Waals surface area (Å²) in [6, 6.07) is 0. The normalized spacial score (nSPS) is 22.4. The van der Waals surface area contributed by atoms with Gasteiger partial charge in [0.2, 0.25) is 0 Å². The third-order valence-corrected chi connectivity index (χ3v) is 3.53. The number of hydrogen-bond donors (Lipinski definition) is 0. The number of piperidine rings is 1. The topological polar surface area (TPSA) is 29.3 Å². The second-order valence-corrected chi connectivity index (χ2v) is 4.92. The SMILES string of the molecule is Cc1noc(C)c1CN1CCC[C@H](C(F)(F)F)C1. The first-order valence-electron chi connectivity index (χ1n) is 6.08. The number of aromatic nitrogens is 1. The van der Waals surface area contributed by atoms with Crippen molar-refractivity contribution < 1.29 is 17.7 Å². The van der Waals surface area contributed by atoms with Gasteiger partial charge < -0.3 is 4.52 Å². The standard InChI is InChI=1S/C12H17F3N2O/c1-8-11(9(2)18-16-8)7-17-5-3-4-10(6-17)12(13,14)15/h10H,3-7H2,1-2H3/t10-/m0/s1. The minimum Gasteiger partial charge on any atom is -0.361 e. The molecule has 0 aliphatic carbocycles. The van der Waals surface area contributed by atoms with E-state index in [1.54, 1.807) is 6.92 Å². The summed E-state index contributed by atoms with van der Waals surface area (Å²) in [5.74, 6) is -0.506. The van der Waals surface area contributed by atoms with Gasteiger partial charge >= 0.3 is 6.18 Å². The Bertz CT molecular complexity index is 394. The van der Waals surface area contributed by atoms with Gasteiger partial charge in [0, 0.05) is 18.7 Å². The third kappa shape index (κ3) is 2.85. The maximum atomic E-state index is 12.7. The fourth-order valence-electron chi connectivity index (χ4n) is 2.42. The molecule has 0 spiro atoms. The Morgan fingerprint density at radius 2 is 2.11 bits per heavy atom. The van der Waals surface area contributed by atoms with Crippen LogP contribution in [0, 0.1) is 19.8 Å². The van der Waals surface area contributed by atoms with Gasteiger partial charge in [0.15, 0.2) is 0 Å². The molecule has 1 aromatic heterocycles. The van der Waals surface area contributed by atoms with Crippen molar-refractivity contribution in [2.45, 2.75) is 39.4 Å². The van der Waals surface area contributed by atoms with Gasteiger partial charge in [0.05, 0.1) is 11.6 Å². The first-order valence-corrected chi connectivity index (χ1v) is 6.08. The van der Waals surface area contributed by atoms with Crippen LogP contribution in [0.1, 0.15) is 29.9 Å². The van der Waals surface area contributed by atoms with Crippen LogP contribution < -0.4 is 0 Å². The molecule has 0 saturated carbocycles. The molecule has 3 nitrogen and oxygen atoms in total. The van der Waals surface area contributed by atoms with Crippen LogP contribution in [-0.2, 0) is 6.54 Å². The summed E-state index contributed by atoms with van der Waals surface area (Å²) >= 11 is 0. The molecule has 0 bridgehead atoms. The number of aryl methyl sites for hydroxylation is 2. The van der Waals surface area contributed by atoms with E-state index < -0.39 is 12.1 Å². The van der Waals surface area contributed by atoms with Crippen LogP contribution in [0.2, 0.25) is 0 Å². The van der Waals surface area contributed by atoms with Gasteiger partial charge in [-0.05, 0) is 33.2 Å². The molecular weight excluding hydrogens is 245 g/mol. The first-order chi connectivity index (χ1) is 8.38. The number of halogens is 3. The summed E-state index contributed by atoms with van der Waals surface area (Å²) in [5, 5.41) is 3.83. The maximum absolute atomic E-state index is 12.7. The van der Waals surface area contributed by atoms with E-state index in [1.807, 2.05) is 11.8 Å². The number of rotatable bonds is 2. The van der Waals surface area contributed by atoms with E-state index in [0.717, 1.165) is 11.3 Å². The average molecular weight is 262 g/mol. The van der Waals surface area contributed by atoms with Gasteiger partial charge in [-0.2, -0.15) is 13.2 Å². The highest BCUT2D eigenvalue weighted by molar-refractivity contribution is 5.20. The van der Waals surface area contributed by atoms with Gasteiger partial charge in [0.1, 0.15) is 5.76 Å². The zero-order valence-corrected chi connectivity index (χ0v) is 10.5. The highest BCUT2D eigenvalue weighted by Gasteiger charge is 2.41. The van der Waals surface area contributed by atoms with Crippen molar-refractivity contribution in [2.24, 2.45) is 5.92 Å². The molecule has 1 atom stereocenters. The molecular formula is C12H17F3N2O. The second kappa shape index (κ2) is 4.91. The fourth-order valence-corrected chi connectivity index (χ4v) is 2.42. The van der Waals surface area contributed by atoms with Crippen molar-refractivity contribution in [3.8, 4) is 0 Å². The van der Waals surface area contributed by atoms with Crippen molar-refractivity contribution in [3.63, 3.8) is 0 Å². The van der Waals surface area contributed by atoms with Crippen molar-refractivity contribution in [1.82, 2.24) is 10.1 Å². The lowest BCUT2D eigenvalue weighted by molar-refractivity contribution is -0.187. The number of nitrogens with zero attached hydrogens (tertiary/aromatic N) is 2. The van der Waals surface area contributed by atoms with Crippen LogP contribution in [0.5, 0.6) is 0 Å². The molecule has 1 aromatic rings. The highest BCUT2D eigenvalue weighted by atomic mass is 19.4. The predicted octanol–water partition coefficient (Wildman–Crippen LogP) is 3.07. The van der Waals surface area contributed by atoms with E-state index in [-0.39, 0.29) is 13.0 Å². The van der Waals surface area contributed by atoms with Crippen LogP contribution in [0.25, 0.3) is 0 Å². The molecule has 1 fully saturated rings. The van der Waals surface area contributed by atoms with E-state index in [9.17, 15) is 13.2 Å². The monoisotopic (exact) mass is 262 g/mol. The summed E-state index contributed by atoms with van der Waals surface area (Å²) in [7, 11) is 0. The third-order valence-electron chi connectivity index (χ3n) is 3.53. The predicted molar refractivity (Wildman–Crippen MR) is 60.0 cm³/mol. The van der Waals surface area contributed by atoms with E-state index in [1.165, 1.54) is 0 Å². The summed E-state index contributed by atoms with van der Waals surface area (Å²) in [5.41, 5.74) is 1.68. The number of hydrogen-bond acceptors (Lipinski definition) is 3. The summed E-state index contributed by atoms with van der Waals surface area (Å²) in [6.45, 7) is 4.88. The Labute approximate surface area is 104 Å². The van der Waals surface area contributed by atoms with Gasteiger partial charge in [-0.3, -0.25) is 4.90 Å². The van der Waals surface area contributed by atoms with Gasteiger partial charge in [0.25, 0.3) is 0 Å². The zero-order valence-electron chi connectivity index (χ0n) is 10.5. The van der Waals surface area contributed by atoms with E-state index in [2.05, 4.69) is 5.16 Å². The Hall–Kier alpha value is -1.04. The smallest absolute Gasteiger partial charge is 0.361 e. The Balaban J connectivity index is 2.02. The lowest BCUT2D eigenvalue weighted by Gasteiger charge is -2.33. The molecule has 6 heteroatoms. The van der Waals surface area contributed by atoms with Crippen molar-refractivity contribution in [3.05, 3.63) is 17.0 Å². The fraction of sp³-hybridized carbons (Fsp3) is 0.750. The molecule has 0 unspecified atom stereocenters. The Morgan fingerprint density at radius 1 is 1.39 bits per heavy atom. The maximum Gasteiger partial charge on any atom is 0.393 e. The Kier molecular flexibility index (Phi) is 3.66. The Morgan fingerprint density at radius 3 is 2.67 bits per heavy atom. The first kappa shape index (κ1) is 13.4. The van der Waals surface area contributed by atoms with Crippen molar-refractivity contribution >= 4 is 0 Å². The zero-order chi connectivity index (χ0) is 13.3. The summed E-state index contributed by atoms with van der Waals surface area (Å²) < 4.78 is 43.1. The van der Waals surface area contributed by atoms with Crippen LogP contribution in [-0.4, -0.2) is 29.3 Å². The summed E-state index contributed by atoms with van der Waals surface area (Å²) in [6.07, 6.45) is -3.26. The van der Waals surface area contributed by atoms with E-state index in [0.29, 0.717) is 25.3 Å². The molecule has 1 aliphatic rings. The van der Waals surface area contributed by atoms with Crippen LogP contribution in [0.4, 0.5) is 13.2 Å². The number of likely N-dealkylation sites (tertiary alicyclic amines) is 1. The van der Waals surface area contributed by atoms with E-state index >= 15 is 0 Å². The molecule has 1 aliphatic heterocycles. The number of alkyl halides is 3. The molecule has 2 heterocycles. The molecule has 0 N–H and O–H groups in total. The highest BCUT2D eigenvalue weighted by Crippen LogP contribution is 2.33. The molecule has 102 valence electrons. The molecule has 0 radical (unpaired) electrons. The van der Waals surface area contributed by atoms with Crippen LogP contribution in [0.15, 0.2) is 4.52 Å². The molecule has 2 rings (SSSR count). The minimum absolute atomic E-state index is 0.0769. The van der Waals surface area contributed by atoms with Gasteiger partial charge in [-0.15, -0.1) is 0 Å². The lowest BCUT2D eigenvalue weighted by Crippen LogP contribution is -2.41. The molecule has 0 amide bonds. The minimum atomic E-state index is -4.09. The lowest BCUT2D eigenvalue weighted by atomic mass is 9.97. The van der Waals surface area contributed by atoms with Crippen LogP contribution >= 0.6 is 0 Å². The van der Waals surface area contributed by atoms with Gasteiger partial charge in [-0.25, -0.2) is 0 Å². The molecule has 1 saturated heterocycles. The largest absolute Gasteiger partial charge is 0.393 e. The van der Waals surface area contributed by atoms with Crippen LogP contribution in [0.3, 0.4) is 0 Å². The van der Waals surface area contributed by atoms with E-state index in [4.69, 9.17) is 4.52 Å². The molecule has 0 aromatic carbocycles. The quantitative estimate of drug-likeness (QED) is 0.820.